The molecular weight excluding hydrogens is 268 g/mol. The van der Waals surface area contributed by atoms with Crippen LogP contribution in [-0.2, 0) is 4.74 Å². The van der Waals surface area contributed by atoms with Gasteiger partial charge in [0.25, 0.3) is 0 Å². The number of rotatable bonds is 6. The van der Waals surface area contributed by atoms with Gasteiger partial charge in [0.2, 0.25) is 5.96 Å². The number of benzene rings is 1. The minimum absolute atomic E-state index is 0.164. The van der Waals surface area contributed by atoms with Crippen LogP contribution in [0, 0.1) is 0 Å². The van der Waals surface area contributed by atoms with Gasteiger partial charge in [-0.15, -0.1) is 0 Å². The van der Waals surface area contributed by atoms with Gasteiger partial charge in [-0.3, -0.25) is 10.4 Å². The SMILES string of the molecule is CCOCCCN=C(NN)NC1CCOc2ccccc21. The number of para-hydroxylation sites is 1. The van der Waals surface area contributed by atoms with Gasteiger partial charge in [-0.1, -0.05) is 18.2 Å². The van der Waals surface area contributed by atoms with Gasteiger partial charge in [-0.05, 0) is 19.4 Å². The van der Waals surface area contributed by atoms with Gasteiger partial charge in [0.15, 0.2) is 0 Å². The number of nitrogens with two attached hydrogens (primary N) is 1. The van der Waals surface area contributed by atoms with Gasteiger partial charge in [-0.25, -0.2) is 5.84 Å². The second-order valence-corrected chi connectivity index (χ2v) is 4.80. The average molecular weight is 292 g/mol. The lowest BCUT2D eigenvalue weighted by Crippen LogP contribution is -2.44. The van der Waals surface area contributed by atoms with E-state index in [1.807, 2.05) is 25.1 Å². The fraction of sp³-hybridized carbons (Fsp3) is 0.533. The van der Waals surface area contributed by atoms with Crippen molar-refractivity contribution in [1.29, 1.82) is 0 Å². The fourth-order valence-corrected chi connectivity index (χ4v) is 2.29. The Morgan fingerprint density at radius 1 is 1.48 bits per heavy atom. The highest BCUT2D eigenvalue weighted by molar-refractivity contribution is 5.79. The number of hydrazine groups is 1. The molecule has 0 saturated carbocycles. The Balaban J connectivity index is 1.91. The summed E-state index contributed by atoms with van der Waals surface area (Å²) in [5, 5.41) is 3.35. The number of aliphatic imine (C=N–C) groups is 1. The number of guanidine groups is 1. The number of ether oxygens (including phenoxy) is 2. The van der Waals surface area contributed by atoms with Crippen molar-refractivity contribution in [3.63, 3.8) is 0 Å². The van der Waals surface area contributed by atoms with Crippen molar-refractivity contribution in [2.24, 2.45) is 10.8 Å². The molecule has 0 spiro atoms. The normalized spacial score (nSPS) is 17.8. The lowest BCUT2D eigenvalue weighted by atomic mass is 10.0. The molecule has 4 N–H and O–H groups in total. The van der Waals surface area contributed by atoms with Crippen molar-refractivity contribution < 1.29 is 9.47 Å². The molecule has 0 aliphatic carbocycles. The van der Waals surface area contributed by atoms with Crippen molar-refractivity contribution >= 4 is 5.96 Å². The molecule has 1 aliphatic heterocycles. The van der Waals surface area contributed by atoms with Crippen LogP contribution in [0.2, 0.25) is 0 Å². The summed E-state index contributed by atoms with van der Waals surface area (Å²) in [6.45, 7) is 4.81. The molecule has 6 heteroatoms. The third-order valence-corrected chi connectivity index (χ3v) is 3.33. The first-order chi connectivity index (χ1) is 10.3. The van der Waals surface area contributed by atoms with E-state index in [4.69, 9.17) is 15.3 Å². The van der Waals surface area contributed by atoms with Crippen molar-refractivity contribution in [2.45, 2.75) is 25.8 Å². The molecule has 0 aromatic heterocycles. The third kappa shape index (κ3) is 4.61. The predicted octanol–water partition coefficient (Wildman–Crippen LogP) is 1.35. The van der Waals surface area contributed by atoms with E-state index in [0.29, 0.717) is 19.1 Å². The van der Waals surface area contributed by atoms with Gasteiger partial charge in [0.1, 0.15) is 5.75 Å². The lowest BCUT2D eigenvalue weighted by molar-refractivity contribution is 0.146. The zero-order chi connectivity index (χ0) is 14.9. The van der Waals surface area contributed by atoms with E-state index in [1.54, 1.807) is 0 Å². The number of nitrogens with zero attached hydrogens (tertiary/aromatic N) is 1. The number of fused-ring (bicyclic) bond motifs is 1. The molecule has 0 bridgehead atoms. The molecule has 1 aliphatic rings. The highest BCUT2D eigenvalue weighted by Gasteiger charge is 2.21. The Morgan fingerprint density at radius 3 is 3.14 bits per heavy atom. The van der Waals surface area contributed by atoms with Crippen LogP contribution in [0.25, 0.3) is 0 Å². The quantitative estimate of drug-likeness (QED) is 0.242. The number of hydrogen-bond acceptors (Lipinski definition) is 4. The minimum atomic E-state index is 0.164. The Hall–Kier alpha value is -1.79. The maximum Gasteiger partial charge on any atom is 0.206 e. The second kappa shape index (κ2) is 8.49. The highest BCUT2D eigenvalue weighted by atomic mass is 16.5. The van der Waals surface area contributed by atoms with Gasteiger partial charge in [0, 0.05) is 31.7 Å². The van der Waals surface area contributed by atoms with Crippen LogP contribution in [0.3, 0.4) is 0 Å². The van der Waals surface area contributed by atoms with Crippen LogP contribution in [0.4, 0.5) is 0 Å². The standard InChI is InChI=1S/C15H24N4O2/c1-2-20-10-5-9-17-15(19-16)18-13-8-11-21-14-7-4-3-6-12(13)14/h3-4,6-7,13H,2,5,8-11,16H2,1H3,(H2,17,18,19). The van der Waals surface area contributed by atoms with Gasteiger partial charge >= 0.3 is 0 Å². The Bertz CT molecular complexity index is 465. The molecule has 1 heterocycles. The average Bonchev–Trinajstić information content (AvgIpc) is 2.53. The van der Waals surface area contributed by atoms with E-state index in [-0.39, 0.29) is 6.04 Å². The molecule has 6 nitrogen and oxygen atoms in total. The zero-order valence-electron chi connectivity index (χ0n) is 12.5. The largest absolute Gasteiger partial charge is 0.493 e. The number of nitrogens with one attached hydrogen (secondary N) is 2. The van der Waals surface area contributed by atoms with E-state index < -0.39 is 0 Å². The Kier molecular flexibility index (Phi) is 6.30. The molecular formula is C15H24N4O2. The smallest absolute Gasteiger partial charge is 0.206 e. The first kappa shape index (κ1) is 15.6. The van der Waals surface area contributed by atoms with Crippen LogP contribution in [0.15, 0.2) is 29.3 Å². The second-order valence-electron chi connectivity index (χ2n) is 4.80. The monoisotopic (exact) mass is 292 g/mol. The van der Waals surface area contributed by atoms with Crippen LogP contribution < -0.4 is 21.3 Å². The van der Waals surface area contributed by atoms with Crippen molar-refractivity contribution in [3.8, 4) is 5.75 Å². The molecule has 1 aromatic carbocycles. The maximum absolute atomic E-state index is 5.65. The first-order valence-corrected chi connectivity index (χ1v) is 7.42. The Labute approximate surface area is 125 Å². The molecule has 0 radical (unpaired) electrons. The summed E-state index contributed by atoms with van der Waals surface area (Å²) in [6.07, 6.45) is 1.77. The van der Waals surface area contributed by atoms with Crippen molar-refractivity contribution in [2.75, 3.05) is 26.4 Å². The minimum Gasteiger partial charge on any atom is -0.493 e. The Morgan fingerprint density at radius 2 is 2.33 bits per heavy atom. The predicted molar refractivity (Wildman–Crippen MR) is 83.2 cm³/mol. The van der Waals surface area contributed by atoms with E-state index in [0.717, 1.165) is 37.4 Å². The molecule has 116 valence electrons. The summed E-state index contributed by atoms with van der Waals surface area (Å²) >= 11 is 0. The topological polar surface area (TPSA) is 80.9 Å². The highest BCUT2D eigenvalue weighted by Crippen LogP contribution is 2.31. The first-order valence-electron chi connectivity index (χ1n) is 7.42. The molecule has 0 saturated heterocycles. The summed E-state index contributed by atoms with van der Waals surface area (Å²) in [5.41, 5.74) is 3.77. The molecule has 1 atom stereocenters. The van der Waals surface area contributed by atoms with E-state index in [9.17, 15) is 0 Å². The molecule has 21 heavy (non-hydrogen) atoms. The summed E-state index contributed by atoms with van der Waals surface area (Å²) in [7, 11) is 0. The van der Waals surface area contributed by atoms with Gasteiger partial charge in [-0.2, -0.15) is 0 Å². The molecule has 2 rings (SSSR count). The fourth-order valence-electron chi connectivity index (χ4n) is 2.29. The van der Waals surface area contributed by atoms with Crippen molar-refractivity contribution in [1.82, 2.24) is 10.7 Å². The van der Waals surface area contributed by atoms with Crippen LogP contribution in [-0.4, -0.2) is 32.3 Å². The summed E-state index contributed by atoms with van der Waals surface area (Å²) in [6, 6.07) is 8.20. The van der Waals surface area contributed by atoms with Crippen LogP contribution >= 0.6 is 0 Å². The summed E-state index contributed by atoms with van der Waals surface area (Å²) in [4.78, 5) is 4.43. The number of hydrogen-bond donors (Lipinski definition) is 3. The summed E-state index contributed by atoms with van der Waals surface area (Å²) < 4.78 is 10.9. The maximum atomic E-state index is 5.65. The van der Waals surface area contributed by atoms with Gasteiger partial charge in [0.05, 0.1) is 12.6 Å². The van der Waals surface area contributed by atoms with Crippen LogP contribution in [0.5, 0.6) is 5.75 Å². The molecule has 1 aromatic rings. The van der Waals surface area contributed by atoms with Crippen LogP contribution in [0.1, 0.15) is 31.4 Å². The van der Waals surface area contributed by atoms with Gasteiger partial charge < -0.3 is 14.8 Å². The molecule has 1 unspecified atom stereocenters. The molecule has 0 amide bonds. The lowest BCUT2D eigenvalue weighted by Gasteiger charge is -2.27. The summed E-state index contributed by atoms with van der Waals surface area (Å²) in [5.74, 6) is 7.07. The van der Waals surface area contributed by atoms with E-state index in [1.165, 1.54) is 0 Å². The van der Waals surface area contributed by atoms with E-state index in [2.05, 4.69) is 21.8 Å². The van der Waals surface area contributed by atoms with E-state index >= 15 is 0 Å². The zero-order valence-corrected chi connectivity index (χ0v) is 12.5. The van der Waals surface area contributed by atoms with Crippen molar-refractivity contribution in [3.05, 3.63) is 29.8 Å². The molecule has 0 fully saturated rings. The third-order valence-electron chi connectivity index (χ3n) is 3.33.